The number of rotatable bonds is 52. The molecule has 0 aliphatic heterocycles. The minimum Gasteiger partial charge on any atom is -0.477 e. The summed E-state index contributed by atoms with van der Waals surface area (Å²) in [6, 6.07) is 0. The second-order valence-electron chi connectivity index (χ2n) is 20.2. The van der Waals surface area contributed by atoms with E-state index in [1.165, 1.54) is 154 Å². The van der Waals surface area contributed by atoms with E-state index < -0.39 is 24.3 Å². The lowest BCUT2D eigenvalue weighted by Crippen LogP contribution is -2.40. The minimum atomic E-state index is -1.52. The first kappa shape index (κ1) is 66.0. The van der Waals surface area contributed by atoms with E-state index in [0.29, 0.717) is 23.9 Å². The monoisotopic (exact) mass is 971 g/mol. The molecule has 0 aliphatic rings. The van der Waals surface area contributed by atoms with Crippen molar-refractivity contribution in [2.75, 3.05) is 47.5 Å². The van der Waals surface area contributed by atoms with Crippen molar-refractivity contribution >= 4 is 17.9 Å². The molecule has 0 heterocycles. The number of aliphatic carboxylic acids is 1. The maximum Gasteiger partial charge on any atom is 0.361 e. The fourth-order valence-electron chi connectivity index (χ4n) is 7.88. The third-order valence-electron chi connectivity index (χ3n) is 12.3. The highest BCUT2D eigenvalue weighted by atomic mass is 16.7. The summed E-state index contributed by atoms with van der Waals surface area (Å²) >= 11 is 0. The van der Waals surface area contributed by atoms with Gasteiger partial charge in [0, 0.05) is 12.8 Å². The van der Waals surface area contributed by atoms with Gasteiger partial charge in [0.2, 0.25) is 0 Å². The molecule has 0 aromatic heterocycles. The Balaban J connectivity index is 4.17. The number of hydrogen-bond acceptors (Lipinski definition) is 7. The molecule has 0 aromatic carbocycles. The van der Waals surface area contributed by atoms with Crippen molar-refractivity contribution in [2.24, 2.45) is 0 Å². The number of carboxylic acids is 1. The molecule has 400 valence electrons. The number of carbonyl (C=O) groups is 3. The van der Waals surface area contributed by atoms with E-state index in [0.717, 1.165) is 57.8 Å². The third kappa shape index (κ3) is 52.6. The smallest absolute Gasteiger partial charge is 0.361 e. The molecule has 0 saturated carbocycles. The highest BCUT2D eigenvalue weighted by Crippen LogP contribution is 2.16. The zero-order valence-electron chi connectivity index (χ0n) is 45.5. The van der Waals surface area contributed by atoms with E-state index in [1.54, 1.807) is 0 Å². The summed E-state index contributed by atoms with van der Waals surface area (Å²) in [5, 5.41) is 9.68. The van der Waals surface area contributed by atoms with Crippen LogP contribution in [0.4, 0.5) is 0 Å². The van der Waals surface area contributed by atoms with Gasteiger partial charge in [-0.3, -0.25) is 9.59 Å². The Hall–Kier alpha value is -3.01. The van der Waals surface area contributed by atoms with Gasteiger partial charge >= 0.3 is 17.9 Å². The van der Waals surface area contributed by atoms with Crippen LogP contribution in [0.25, 0.3) is 0 Å². The first-order valence-corrected chi connectivity index (χ1v) is 28.5. The topological polar surface area (TPSA) is 108 Å². The molecule has 0 amide bonds. The lowest BCUT2D eigenvalue weighted by molar-refractivity contribution is -0.870. The molecule has 69 heavy (non-hydrogen) atoms. The van der Waals surface area contributed by atoms with Crippen molar-refractivity contribution in [2.45, 2.75) is 257 Å². The van der Waals surface area contributed by atoms with Gasteiger partial charge in [-0.05, 0) is 77.0 Å². The van der Waals surface area contributed by atoms with Crippen LogP contribution in [0.5, 0.6) is 0 Å². The first-order valence-electron chi connectivity index (χ1n) is 28.5. The maximum atomic E-state index is 12.8. The van der Waals surface area contributed by atoms with Crippen LogP contribution in [-0.2, 0) is 33.3 Å². The Kier molecular flexibility index (Phi) is 49.1. The average molecular weight is 972 g/mol. The van der Waals surface area contributed by atoms with E-state index in [2.05, 4.69) is 74.6 Å². The number of nitrogens with zero attached hydrogens (tertiary/aromatic N) is 1. The van der Waals surface area contributed by atoms with E-state index in [1.807, 2.05) is 21.1 Å². The molecule has 0 spiro atoms. The van der Waals surface area contributed by atoms with Gasteiger partial charge in [-0.1, -0.05) is 216 Å². The van der Waals surface area contributed by atoms with Gasteiger partial charge < -0.3 is 28.5 Å². The number of allylic oxidation sites excluding steroid dienone is 10. The second kappa shape index (κ2) is 51.3. The standard InChI is InChI=1S/C60H107NO8/c1-6-8-10-12-14-16-18-20-22-23-24-25-26-27-28-29-30-31-32-33-34-35-37-38-40-42-44-46-48-50-57(62)67-54-56(55-68-60(59(64)65)66-53-52-61(3,4)5)69-58(63)51-49-47-45-43-41-39-36-21-19-17-15-13-11-9-7-2/h9,11,15,17,21,23-24,36,41,43,56,60H,6-8,10,12-14,16,18-20,22,25-35,37-40,42,44-55H2,1-5H3/p+1/b11-9-,17-15-,24-23-,36-21-,43-41-. The van der Waals surface area contributed by atoms with Gasteiger partial charge in [0.15, 0.2) is 6.10 Å². The normalized spacial score (nSPS) is 13.2. The summed E-state index contributed by atoms with van der Waals surface area (Å²) in [5.74, 6) is -2.06. The molecule has 0 aromatic rings. The zero-order chi connectivity index (χ0) is 50.6. The number of esters is 2. The molecule has 2 atom stereocenters. The largest absolute Gasteiger partial charge is 0.477 e. The lowest BCUT2D eigenvalue weighted by atomic mass is 10.0. The molecular weight excluding hydrogens is 863 g/mol. The number of carbonyl (C=O) groups excluding carboxylic acids is 2. The number of quaternary nitrogens is 1. The van der Waals surface area contributed by atoms with Crippen molar-refractivity contribution in [3.8, 4) is 0 Å². The summed E-state index contributed by atoms with van der Waals surface area (Å²) in [6.07, 6.45) is 61.8. The van der Waals surface area contributed by atoms with Gasteiger partial charge in [-0.15, -0.1) is 0 Å². The van der Waals surface area contributed by atoms with Gasteiger partial charge in [0.05, 0.1) is 34.4 Å². The molecular formula is C60H108NO8+. The Morgan fingerprint density at radius 2 is 0.826 bits per heavy atom. The van der Waals surface area contributed by atoms with Gasteiger partial charge in [-0.2, -0.15) is 0 Å². The fraction of sp³-hybridized carbons (Fsp3) is 0.783. The second-order valence-corrected chi connectivity index (χ2v) is 20.2. The van der Waals surface area contributed by atoms with E-state index in [4.69, 9.17) is 18.9 Å². The number of likely N-dealkylation sites (N-methyl/N-ethyl adjacent to an activating group) is 1. The van der Waals surface area contributed by atoms with Crippen molar-refractivity contribution in [1.82, 2.24) is 0 Å². The van der Waals surface area contributed by atoms with Crippen LogP contribution in [0.3, 0.4) is 0 Å². The van der Waals surface area contributed by atoms with Crippen LogP contribution < -0.4 is 0 Å². The van der Waals surface area contributed by atoms with E-state index in [9.17, 15) is 19.5 Å². The SMILES string of the molecule is CC/C=C\C/C=C\C/C=C\C/C=C\CCCCC(=O)OC(COC(=O)CCCCCCCCCCCCCCCCCCC/C=C\CCCCCCCCCC)COC(OCC[N+](C)(C)C)C(=O)O. The average Bonchev–Trinajstić information content (AvgIpc) is 3.31. The highest BCUT2D eigenvalue weighted by molar-refractivity contribution is 5.71. The Bertz CT molecular complexity index is 1310. The summed E-state index contributed by atoms with van der Waals surface area (Å²) in [5.41, 5.74) is 0. The van der Waals surface area contributed by atoms with Crippen LogP contribution in [0.15, 0.2) is 60.8 Å². The molecule has 0 rings (SSSR count). The van der Waals surface area contributed by atoms with Gasteiger partial charge in [-0.25, -0.2) is 4.79 Å². The summed E-state index contributed by atoms with van der Waals surface area (Å²) < 4.78 is 22.8. The van der Waals surface area contributed by atoms with Crippen molar-refractivity contribution in [3.63, 3.8) is 0 Å². The molecule has 0 radical (unpaired) electrons. The quantitative estimate of drug-likeness (QED) is 0.0211. The molecule has 2 unspecified atom stereocenters. The minimum absolute atomic E-state index is 0.178. The van der Waals surface area contributed by atoms with Crippen molar-refractivity contribution < 1.29 is 42.9 Å². The predicted octanol–water partition coefficient (Wildman–Crippen LogP) is 16.5. The Labute approximate surface area is 425 Å². The number of unbranched alkanes of at least 4 members (excludes halogenated alkanes) is 27. The van der Waals surface area contributed by atoms with Crippen LogP contribution in [-0.4, -0.2) is 87.4 Å². The molecule has 9 heteroatoms. The van der Waals surface area contributed by atoms with E-state index >= 15 is 0 Å². The summed E-state index contributed by atoms with van der Waals surface area (Å²) in [4.78, 5) is 37.3. The van der Waals surface area contributed by atoms with Gasteiger partial charge in [0.1, 0.15) is 13.2 Å². The molecule has 0 fully saturated rings. The third-order valence-corrected chi connectivity index (χ3v) is 12.3. The zero-order valence-corrected chi connectivity index (χ0v) is 45.5. The molecule has 0 bridgehead atoms. The van der Waals surface area contributed by atoms with Gasteiger partial charge in [0.25, 0.3) is 6.29 Å². The predicted molar refractivity (Wildman–Crippen MR) is 290 cm³/mol. The first-order chi connectivity index (χ1) is 33.6. The fourth-order valence-corrected chi connectivity index (χ4v) is 7.88. The lowest BCUT2D eigenvalue weighted by Gasteiger charge is -2.25. The molecule has 0 saturated heterocycles. The maximum absolute atomic E-state index is 12.8. The van der Waals surface area contributed by atoms with Crippen LogP contribution in [0.2, 0.25) is 0 Å². The number of carboxylic acid groups (broad SMARTS) is 1. The Morgan fingerprint density at radius 3 is 1.28 bits per heavy atom. The number of ether oxygens (including phenoxy) is 4. The molecule has 1 N–H and O–H groups in total. The molecule has 0 aliphatic carbocycles. The van der Waals surface area contributed by atoms with Crippen LogP contribution in [0, 0.1) is 0 Å². The number of hydrogen-bond donors (Lipinski definition) is 1. The highest BCUT2D eigenvalue weighted by Gasteiger charge is 2.25. The van der Waals surface area contributed by atoms with Crippen LogP contribution in [0.1, 0.15) is 245 Å². The summed E-state index contributed by atoms with van der Waals surface area (Å²) in [6.45, 7) is 4.72. The van der Waals surface area contributed by atoms with Crippen molar-refractivity contribution in [3.05, 3.63) is 60.8 Å². The van der Waals surface area contributed by atoms with E-state index in [-0.39, 0.29) is 32.2 Å². The Morgan fingerprint density at radius 1 is 0.449 bits per heavy atom. The van der Waals surface area contributed by atoms with Crippen molar-refractivity contribution in [1.29, 1.82) is 0 Å². The van der Waals surface area contributed by atoms with Crippen LogP contribution >= 0.6 is 0 Å². The molecule has 9 nitrogen and oxygen atoms in total. The summed E-state index contributed by atoms with van der Waals surface area (Å²) in [7, 11) is 5.95.